The van der Waals surface area contributed by atoms with Crippen molar-refractivity contribution in [2.75, 3.05) is 10.2 Å². The molecule has 1 aliphatic carbocycles. The first-order valence-corrected chi connectivity index (χ1v) is 10.5. The fourth-order valence-electron chi connectivity index (χ4n) is 3.39. The van der Waals surface area contributed by atoms with Crippen LogP contribution in [0.15, 0.2) is 43.0 Å². The third-order valence-corrected chi connectivity index (χ3v) is 5.20. The molecular formula is C22H21F4N7O. The maximum absolute atomic E-state index is 15.3. The highest BCUT2D eigenvalue weighted by Crippen LogP contribution is 2.34. The number of nitrogens with one attached hydrogen (secondary N) is 1. The Labute approximate surface area is 192 Å². The van der Waals surface area contributed by atoms with Gasteiger partial charge in [-0.15, -0.1) is 0 Å². The number of halogens is 4. The van der Waals surface area contributed by atoms with E-state index in [0.717, 1.165) is 36.4 Å². The second-order valence-corrected chi connectivity index (χ2v) is 7.94. The standard InChI is InChI=1S/C22H21F4N7O/c23-18-19(28-8-14-3-1-13(2-4-14)7-17(27)34)31-12-32-20(18)33(16-5-6-16)11-15-9-29-21(30-10-15)22(24,25)26/h1-4,9-10,12,16H,5-8,11H2,(H2,27,34)(H,28,31,32). The maximum Gasteiger partial charge on any atom is 0.451 e. The van der Waals surface area contributed by atoms with E-state index in [1.807, 2.05) is 0 Å². The highest BCUT2D eigenvalue weighted by molar-refractivity contribution is 5.76. The Morgan fingerprint density at radius 1 is 1.03 bits per heavy atom. The van der Waals surface area contributed by atoms with E-state index in [0.29, 0.717) is 5.56 Å². The summed E-state index contributed by atoms with van der Waals surface area (Å²) in [4.78, 5) is 27.5. The Balaban J connectivity index is 1.47. The third kappa shape index (κ3) is 5.74. The molecule has 3 aromatic rings. The van der Waals surface area contributed by atoms with Gasteiger partial charge >= 0.3 is 6.18 Å². The summed E-state index contributed by atoms with van der Waals surface area (Å²) in [6.45, 7) is 0.387. The zero-order valence-electron chi connectivity index (χ0n) is 17.9. The molecule has 12 heteroatoms. The van der Waals surface area contributed by atoms with Gasteiger partial charge in [0.2, 0.25) is 17.5 Å². The molecule has 0 spiro atoms. The van der Waals surface area contributed by atoms with Crippen LogP contribution in [-0.4, -0.2) is 31.9 Å². The highest BCUT2D eigenvalue weighted by Gasteiger charge is 2.35. The lowest BCUT2D eigenvalue weighted by molar-refractivity contribution is -0.145. The molecule has 1 amide bonds. The normalized spacial score (nSPS) is 13.5. The molecule has 178 valence electrons. The SMILES string of the molecule is NC(=O)Cc1ccc(CNc2ncnc(N(Cc3cnc(C(F)(F)F)nc3)C3CC3)c2F)cc1. The number of rotatable bonds is 9. The van der Waals surface area contributed by atoms with Gasteiger partial charge in [0.05, 0.1) is 6.42 Å². The molecular weight excluding hydrogens is 454 g/mol. The molecule has 0 atom stereocenters. The van der Waals surface area contributed by atoms with Crippen LogP contribution in [0.5, 0.6) is 0 Å². The number of hydrogen-bond donors (Lipinski definition) is 2. The second-order valence-electron chi connectivity index (χ2n) is 7.94. The summed E-state index contributed by atoms with van der Waals surface area (Å²) in [5.74, 6) is -2.26. The number of carbonyl (C=O) groups excluding carboxylic acids is 1. The zero-order chi connectivity index (χ0) is 24.3. The smallest absolute Gasteiger partial charge is 0.369 e. The maximum atomic E-state index is 15.3. The molecule has 1 aromatic carbocycles. The molecule has 3 N–H and O–H groups in total. The van der Waals surface area contributed by atoms with Gasteiger partial charge in [-0.05, 0) is 24.0 Å². The molecule has 4 rings (SSSR count). The molecule has 0 unspecified atom stereocenters. The molecule has 2 heterocycles. The molecule has 2 aromatic heterocycles. The van der Waals surface area contributed by atoms with Crippen LogP contribution in [0.25, 0.3) is 0 Å². The fourth-order valence-corrected chi connectivity index (χ4v) is 3.39. The number of benzene rings is 1. The summed E-state index contributed by atoms with van der Waals surface area (Å²) in [6, 6.07) is 7.14. The lowest BCUT2D eigenvalue weighted by Gasteiger charge is -2.24. The molecule has 8 nitrogen and oxygen atoms in total. The lowest BCUT2D eigenvalue weighted by atomic mass is 10.1. The fraction of sp³-hybridized carbons (Fsp3) is 0.318. The summed E-state index contributed by atoms with van der Waals surface area (Å²) in [6.07, 6.45) is 0.539. The van der Waals surface area contributed by atoms with Crippen molar-refractivity contribution >= 4 is 17.5 Å². The first-order valence-electron chi connectivity index (χ1n) is 10.5. The number of carbonyl (C=O) groups is 1. The molecule has 0 aliphatic heterocycles. The van der Waals surface area contributed by atoms with Gasteiger partial charge < -0.3 is 16.0 Å². The van der Waals surface area contributed by atoms with Gasteiger partial charge in [0.1, 0.15) is 6.33 Å². The van der Waals surface area contributed by atoms with Crippen LogP contribution in [0.2, 0.25) is 0 Å². The molecule has 0 saturated heterocycles. The Morgan fingerprint density at radius 3 is 2.26 bits per heavy atom. The van der Waals surface area contributed by atoms with Crippen LogP contribution in [0, 0.1) is 5.82 Å². The molecule has 0 bridgehead atoms. The Kier molecular flexibility index (Phi) is 6.57. The number of nitrogens with zero attached hydrogens (tertiary/aromatic N) is 5. The highest BCUT2D eigenvalue weighted by atomic mass is 19.4. The van der Waals surface area contributed by atoms with Crippen LogP contribution >= 0.6 is 0 Å². The van der Waals surface area contributed by atoms with Crippen molar-refractivity contribution in [3.05, 3.63) is 71.3 Å². The quantitative estimate of drug-likeness (QED) is 0.457. The van der Waals surface area contributed by atoms with Crippen LogP contribution in [0.4, 0.5) is 29.2 Å². The monoisotopic (exact) mass is 475 g/mol. The van der Waals surface area contributed by atoms with E-state index in [1.54, 1.807) is 29.2 Å². The summed E-state index contributed by atoms with van der Waals surface area (Å²) >= 11 is 0. The number of amides is 1. The Bertz CT molecular complexity index is 1150. The van der Waals surface area contributed by atoms with Gasteiger partial charge in [-0.2, -0.15) is 17.6 Å². The van der Waals surface area contributed by atoms with Crippen LogP contribution in [0.3, 0.4) is 0 Å². The number of aromatic nitrogens is 4. The van der Waals surface area contributed by atoms with Crippen molar-refractivity contribution in [1.29, 1.82) is 0 Å². The van der Waals surface area contributed by atoms with Gasteiger partial charge in [0.25, 0.3) is 0 Å². The topological polar surface area (TPSA) is 110 Å². The number of hydrogen-bond acceptors (Lipinski definition) is 7. The Morgan fingerprint density at radius 2 is 1.68 bits per heavy atom. The third-order valence-electron chi connectivity index (χ3n) is 5.20. The van der Waals surface area contributed by atoms with Crippen molar-refractivity contribution in [1.82, 2.24) is 19.9 Å². The first-order chi connectivity index (χ1) is 16.2. The summed E-state index contributed by atoms with van der Waals surface area (Å²) in [7, 11) is 0. The lowest BCUT2D eigenvalue weighted by Crippen LogP contribution is -2.28. The second kappa shape index (κ2) is 9.57. The van der Waals surface area contributed by atoms with Crippen molar-refractivity contribution < 1.29 is 22.4 Å². The van der Waals surface area contributed by atoms with Gasteiger partial charge in [-0.1, -0.05) is 24.3 Å². The minimum atomic E-state index is -4.63. The van der Waals surface area contributed by atoms with Crippen molar-refractivity contribution in [3.63, 3.8) is 0 Å². The van der Waals surface area contributed by atoms with Gasteiger partial charge in [-0.3, -0.25) is 4.79 Å². The summed E-state index contributed by atoms with van der Waals surface area (Å²) in [5, 5.41) is 2.94. The van der Waals surface area contributed by atoms with E-state index in [2.05, 4.69) is 25.3 Å². The molecule has 1 fully saturated rings. The van der Waals surface area contributed by atoms with Crippen LogP contribution in [0.1, 0.15) is 35.4 Å². The van der Waals surface area contributed by atoms with E-state index in [-0.39, 0.29) is 37.2 Å². The summed E-state index contributed by atoms with van der Waals surface area (Å²) < 4.78 is 53.4. The van der Waals surface area contributed by atoms with E-state index in [9.17, 15) is 18.0 Å². The van der Waals surface area contributed by atoms with E-state index in [4.69, 9.17) is 5.73 Å². The number of nitrogens with two attached hydrogens (primary N) is 1. The van der Waals surface area contributed by atoms with Gasteiger partial charge in [0, 0.05) is 37.1 Å². The van der Waals surface area contributed by atoms with Gasteiger partial charge in [-0.25, -0.2) is 19.9 Å². The average molecular weight is 475 g/mol. The molecule has 34 heavy (non-hydrogen) atoms. The predicted molar refractivity (Wildman–Crippen MR) is 115 cm³/mol. The molecule has 1 saturated carbocycles. The Hall–Kier alpha value is -3.83. The average Bonchev–Trinajstić information content (AvgIpc) is 3.63. The number of primary amides is 1. The van der Waals surface area contributed by atoms with Crippen LogP contribution in [-0.2, 0) is 30.5 Å². The molecule has 1 aliphatic rings. The summed E-state index contributed by atoms with van der Waals surface area (Å²) in [5.41, 5.74) is 7.21. The van der Waals surface area contributed by atoms with Crippen molar-refractivity contribution in [2.45, 2.75) is 44.6 Å². The number of alkyl halides is 3. The van der Waals surface area contributed by atoms with E-state index in [1.165, 1.54) is 6.33 Å². The van der Waals surface area contributed by atoms with Crippen molar-refractivity contribution in [2.24, 2.45) is 5.73 Å². The van der Waals surface area contributed by atoms with E-state index >= 15 is 4.39 Å². The molecule has 0 radical (unpaired) electrons. The van der Waals surface area contributed by atoms with Gasteiger partial charge in [0.15, 0.2) is 11.6 Å². The van der Waals surface area contributed by atoms with Crippen LogP contribution < -0.4 is 16.0 Å². The van der Waals surface area contributed by atoms with Crippen molar-refractivity contribution in [3.8, 4) is 0 Å². The first kappa shape index (κ1) is 23.3. The predicted octanol–water partition coefficient (Wildman–Crippen LogP) is 3.23. The minimum absolute atomic E-state index is 0.000492. The number of anilines is 2. The zero-order valence-corrected chi connectivity index (χ0v) is 17.9. The largest absolute Gasteiger partial charge is 0.451 e. The minimum Gasteiger partial charge on any atom is -0.369 e. The van der Waals surface area contributed by atoms with E-state index < -0.39 is 23.7 Å².